The number of aliphatic hydroxyl groups is 1. The van der Waals surface area contributed by atoms with Gasteiger partial charge in [0.1, 0.15) is 0 Å². The molecule has 6 nitrogen and oxygen atoms in total. The van der Waals surface area contributed by atoms with Gasteiger partial charge in [-0.15, -0.1) is 10.2 Å². The Labute approximate surface area is 114 Å². The summed E-state index contributed by atoms with van der Waals surface area (Å²) in [5.41, 5.74) is 0.823. The number of rotatable bonds is 4. The van der Waals surface area contributed by atoms with E-state index in [-0.39, 0.29) is 17.4 Å². The van der Waals surface area contributed by atoms with E-state index in [1.807, 2.05) is 0 Å². The summed E-state index contributed by atoms with van der Waals surface area (Å²) in [6.07, 6.45) is 2.35. The van der Waals surface area contributed by atoms with E-state index < -0.39 is 12.0 Å². The van der Waals surface area contributed by atoms with Gasteiger partial charge in [-0.1, -0.05) is 11.6 Å². The lowest BCUT2D eigenvalue weighted by Crippen LogP contribution is -2.29. The van der Waals surface area contributed by atoms with Crippen LogP contribution in [0.25, 0.3) is 0 Å². The van der Waals surface area contributed by atoms with E-state index in [1.165, 1.54) is 12.1 Å². The van der Waals surface area contributed by atoms with Gasteiger partial charge in [0.05, 0.1) is 6.10 Å². The van der Waals surface area contributed by atoms with Gasteiger partial charge < -0.3 is 10.4 Å². The zero-order valence-corrected chi connectivity index (χ0v) is 10.6. The number of carbonyl (C=O) groups is 1. The number of aliphatic hydroxyl groups excluding tert-OH is 1. The predicted octanol–water partition coefficient (Wildman–Crippen LogP) is 0.988. The Bertz CT molecular complexity index is 547. The number of hydrogen-bond donors (Lipinski definition) is 2. The Kier molecular flexibility index (Phi) is 4.38. The highest BCUT2D eigenvalue weighted by molar-refractivity contribution is 6.29. The molecule has 0 aliphatic carbocycles. The molecule has 2 aromatic rings. The van der Waals surface area contributed by atoms with Crippen molar-refractivity contribution in [1.82, 2.24) is 20.5 Å². The molecule has 1 atom stereocenters. The molecule has 7 heteroatoms. The fraction of sp³-hybridized carbons (Fsp3) is 0.167. The van der Waals surface area contributed by atoms with Crippen LogP contribution in [0.1, 0.15) is 22.2 Å². The third-order valence-electron chi connectivity index (χ3n) is 2.41. The van der Waals surface area contributed by atoms with Gasteiger partial charge in [-0.25, -0.2) is 0 Å². The molecular weight excluding hydrogens is 268 g/mol. The minimum absolute atomic E-state index is 0.0765. The Balaban J connectivity index is 1.92. The van der Waals surface area contributed by atoms with Gasteiger partial charge in [0.2, 0.25) is 0 Å². The first-order chi connectivity index (χ1) is 9.16. The van der Waals surface area contributed by atoms with E-state index in [1.54, 1.807) is 24.5 Å². The first-order valence-electron chi connectivity index (χ1n) is 5.52. The van der Waals surface area contributed by atoms with Crippen molar-refractivity contribution in [2.75, 3.05) is 6.54 Å². The summed E-state index contributed by atoms with van der Waals surface area (Å²) >= 11 is 5.57. The molecule has 98 valence electrons. The first-order valence-corrected chi connectivity index (χ1v) is 5.90. The van der Waals surface area contributed by atoms with E-state index in [4.69, 9.17) is 11.6 Å². The standard InChI is InChI=1S/C12H11ClN4O2/c13-11-2-1-9(16-17-11)12(19)15-7-10(18)8-3-5-14-6-4-8/h1-6,10,18H,7H2,(H,15,19). The van der Waals surface area contributed by atoms with E-state index in [2.05, 4.69) is 20.5 Å². The lowest BCUT2D eigenvalue weighted by Gasteiger charge is -2.11. The monoisotopic (exact) mass is 278 g/mol. The Morgan fingerprint density at radius 1 is 1.26 bits per heavy atom. The van der Waals surface area contributed by atoms with Gasteiger partial charge in [-0.2, -0.15) is 0 Å². The van der Waals surface area contributed by atoms with Gasteiger partial charge in [0.25, 0.3) is 5.91 Å². The Hall–Kier alpha value is -2.05. The number of aromatic nitrogens is 3. The van der Waals surface area contributed by atoms with Gasteiger partial charge in [0.15, 0.2) is 10.8 Å². The van der Waals surface area contributed by atoms with Crippen molar-refractivity contribution in [2.24, 2.45) is 0 Å². The number of carbonyl (C=O) groups excluding carboxylic acids is 1. The van der Waals surface area contributed by atoms with Crippen molar-refractivity contribution < 1.29 is 9.90 Å². The summed E-state index contributed by atoms with van der Waals surface area (Å²) in [6.45, 7) is 0.0765. The number of nitrogens with zero attached hydrogens (tertiary/aromatic N) is 3. The number of nitrogens with one attached hydrogen (secondary N) is 1. The number of halogens is 1. The fourth-order valence-electron chi connectivity index (χ4n) is 1.42. The van der Waals surface area contributed by atoms with Crippen LogP contribution in [0.4, 0.5) is 0 Å². The van der Waals surface area contributed by atoms with E-state index >= 15 is 0 Å². The molecule has 0 fully saturated rings. The van der Waals surface area contributed by atoms with Crippen LogP contribution in [0.3, 0.4) is 0 Å². The van der Waals surface area contributed by atoms with Crippen LogP contribution in [0.2, 0.25) is 5.15 Å². The molecule has 1 unspecified atom stereocenters. The Morgan fingerprint density at radius 2 is 2.00 bits per heavy atom. The predicted molar refractivity (Wildman–Crippen MR) is 68.6 cm³/mol. The normalized spacial score (nSPS) is 11.9. The molecule has 0 aliphatic heterocycles. The zero-order chi connectivity index (χ0) is 13.7. The van der Waals surface area contributed by atoms with Gasteiger partial charge in [0, 0.05) is 18.9 Å². The molecular formula is C12H11ClN4O2. The topological polar surface area (TPSA) is 88.0 Å². The van der Waals surface area contributed by atoms with Crippen LogP contribution in [-0.2, 0) is 0 Å². The summed E-state index contributed by atoms with van der Waals surface area (Å²) in [6, 6.07) is 6.30. The van der Waals surface area contributed by atoms with Crippen molar-refractivity contribution in [3.63, 3.8) is 0 Å². The van der Waals surface area contributed by atoms with Crippen LogP contribution >= 0.6 is 11.6 Å². The molecule has 2 rings (SSSR count). The largest absolute Gasteiger partial charge is 0.387 e. The molecule has 0 aliphatic rings. The number of hydrogen-bond acceptors (Lipinski definition) is 5. The van der Waals surface area contributed by atoms with Crippen LogP contribution in [0, 0.1) is 0 Å². The average Bonchev–Trinajstić information content (AvgIpc) is 2.46. The molecule has 0 radical (unpaired) electrons. The second-order valence-electron chi connectivity index (χ2n) is 3.75. The highest BCUT2D eigenvalue weighted by Crippen LogP contribution is 2.09. The van der Waals surface area contributed by atoms with Crippen LogP contribution < -0.4 is 5.32 Å². The minimum atomic E-state index is -0.799. The van der Waals surface area contributed by atoms with Crippen LogP contribution in [0.15, 0.2) is 36.7 Å². The molecule has 1 amide bonds. The summed E-state index contributed by atoms with van der Waals surface area (Å²) in [5.74, 6) is -0.419. The molecule has 0 saturated carbocycles. The zero-order valence-electron chi connectivity index (χ0n) is 9.82. The maximum Gasteiger partial charge on any atom is 0.271 e. The van der Waals surface area contributed by atoms with E-state index in [0.717, 1.165) is 0 Å². The summed E-state index contributed by atoms with van der Waals surface area (Å²) in [4.78, 5) is 15.6. The quantitative estimate of drug-likeness (QED) is 0.871. The lowest BCUT2D eigenvalue weighted by atomic mass is 10.1. The second-order valence-corrected chi connectivity index (χ2v) is 4.13. The lowest BCUT2D eigenvalue weighted by molar-refractivity contribution is 0.0910. The molecule has 2 N–H and O–H groups in total. The van der Waals surface area contributed by atoms with E-state index in [0.29, 0.717) is 5.56 Å². The second kappa shape index (κ2) is 6.21. The Morgan fingerprint density at radius 3 is 2.63 bits per heavy atom. The van der Waals surface area contributed by atoms with Crippen molar-refractivity contribution in [3.05, 3.63) is 53.1 Å². The average molecular weight is 279 g/mol. The van der Waals surface area contributed by atoms with E-state index in [9.17, 15) is 9.90 Å². The molecule has 19 heavy (non-hydrogen) atoms. The molecule has 0 spiro atoms. The fourth-order valence-corrected chi connectivity index (χ4v) is 1.52. The smallest absolute Gasteiger partial charge is 0.271 e. The minimum Gasteiger partial charge on any atom is -0.387 e. The summed E-state index contributed by atoms with van der Waals surface area (Å²) in [5, 5.41) is 19.9. The van der Waals surface area contributed by atoms with Crippen molar-refractivity contribution >= 4 is 17.5 Å². The van der Waals surface area contributed by atoms with Crippen molar-refractivity contribution in [3.8, 4) is 0 Å². The number of pyridine rings is 1. The molecule has 2 heterocycles. The first kappa shape index (κ1) is 13.4. The van der Waals surface area contributed by atoms with Gasteiger partial charge in [-0.3, -0.25) is 9.78 Å². The highest BCUT2D eigenvalue weighted by Gasteiger charge is 2.11. The van der Waals surface area contributed by atoms with Crippen molar-refractivity contribution in [2.45, 2.75) is 6.10 Å². The maximum atomic E-state index is 11.7. The van der Waals surface area contributed by atoms with Crippen molar-refractivity contribution in [1.29, 1.82) is 0 Å². The highest BCUT2D eigenvalue weighted by atomic mass is 35.5. The van der Waals surface area contributed by atoms with Crippen LogP contribution in [0.5, 0.6) is 0 Å². The van der Waals surface area contributed by atoms with Gasteiger partial charge >= 0.3 is 0 Å². The molecule has 0 saturated heterocycles. The summed E-state index contributed by atoms with van der Waals surface area (Å²) in [7, 11) is 0. The third kappa shape index (κ3) is 3.70. The molecule has 0 aromatic carbocycles. The molecule has 0 bridgehead atoms. The SMILES string of the molecule is O=C(NCC(O)c1ccncc1)c1ccc(Cl)nn1. The maximum absolute atomic E-state index is 11.7. The van der Waals surface area contributed by atoms with Gasteiger partial charge in [-0.05, 0) is 29.8 Å². The number of amides is 1. The summed E-state index contributed by atoms with van der Waals surface area (Å²) < 4.78 is 0. The molecule has 2 aromatic heterocycles. The van der Waals surface area contributed by atoms with Crippen LogP contribution in [-0.4, -0.2) is 32.7 Å². The third-order valence-corrected chi connectivity index (χ3v) is 2.61.